The highest BCUT2D eigenvalue weighted by Gasteiger charge is 2.04. The number of aliphatic imine (C=N–C) groups is 1. The molecule has 130 valence electrons. The molecule has 0 spiro atoms. The monoisotopic (exact) mass is 442 g/mol. The zero-order chi connectivity index (χ0) is 16.3. The van der Waals surface area contributed by atoms with Crippen molar-refractivity contribution < 1.29 is 9.21 Å². The maximum atomic E-state index is 11.8. The molecule has 0 saturated carbocycles. The van der Waals surface area contributed by atoms with Gasteiger partial charge < -0.3 is 20.4 Å². The van der Waals surface area contributed by atoms with Crippen LogP contribution in [0.5, 0.6) is 0 Å². The highest BCUT2D eigenvalue weighted by atomic mass is 127. The van der Waals surface area contributed by atoms with Crippen molar-refractivity contribution in [1.29, 1.82) is 0 Å². The van der Waals surface area contributed by atoms with Crippen LogP contribution in [-0.4, -0.2) is 32.0 Å². The molecule has 24 heavy (non-hydrogen) atoms. The molecule has 1 aromatic heterocycles. The van der Waals surface area contributed by atoms with Crippen LogP contribution < -0.4 is 16.0 Å². The van der Waals surface area contributed by atoms with Gasteiger partial charge in [-0.2, -0.15) is 0 Å². The predicted octanol–water partition coefficient (Wildman–Crippen LogP) is 1.92. The van der Waals surface area contributed by atoms with Gasteiger partial charge in [0.05, 0.1) is 19.4 Å². The van der Waals surface area contributed by atoms with Crippen LogP contribution in [0.1, 0.15) is 11.3 Å². The summed E-state index contributed by atoms with van der Waals surface area (Å²) in [5, 5.41) is 8.92. The molecule has 2 rings (SSSR count). The lowest BCUT2D eigenvalue weighted by Crippen LogP contribution is -2.43. The molecule has 0 fully saturated rings. The average Bonchev–Trinajstić information content (AvgIpc) is 3.09. The van der Waals surface area contributed by atoms with E-state index in [0.29, 0.717) is 19.0 Å². The summed E-state index contributed by atoms with van der Waals surface area (Å²) in [7, 11) is 1.66. The SMILES string of the molecule is CN=C(NCC(=O)NCCc1ccccc1)NCc1ccco1.I. The third-order valence-electron chi connectivity index (χ3n) is 3.23. The number of rotatable bonds is 7. The van der Waals surface area contributed by atoms with Gasteiger partial charge in [0.25, 0.3) is 0 Å². The summed E-state index contributed by atoms with van der Waals surface area (Å²) in [6.45, 7) is 1.30. The Bertz CT molecular complexity index is 615. The van der Waals surface area contributed by atoms with E-state index in [9.17, 15) is 4.79 Å². The van der Waals surface area contributed by atoms with E-state index in [2.05, 4.69) is 20.9 Å². The summed E-state index contributed by atoms with van der Waals surface area (Å²) in [5.74, 6) is 1.29. The number of guanidine groups is 1. The number of hydrogen-bond donors (Lipinski definition) is 3. The summed E-state index contributed by atoms with van der Waals surface area (Å²) in [4.78, 5) is 15.9. The van der Waals surface area contributed by atoms with E-state index in [1.54, 1.807) is 13.3 Å². The Hall–Kier alpha value is -2.03. The molecule has 0 radical (unpaired) electrons. The minimum absolute atomic E-state index is 0. The molecule has 0 unspecified atom stereocenters. The third-order valence-corrected chi connectivity index (χ3v) is 3.23. The summed E-state index contributed by atoms with van der Waals surface area (Å²) in [6.07, 6.45) is 2.44. The number of benzene rings is 1. The zero-order valence-electron chi connectivity index (χ0n) is 13.6. The Balaban J connectivity index is 0.00000288. The van der Waals surface area contributed by atoms with Gasteiger partial charge in [-0.05, 0) is 24.1 Å². The summed E-state index contributed by atoms with van der Waals surface area (Å²) in [5.41, 5.74) is 1.21. The Labute approximate surface area is 159 Å². The Morgan fingerprint density at radius 1 is 1.08 bits per heavy atom. The van der Waals surface area contributed by atoms with Crippen LogP contribution >= 0.6 is 24.0 Å². The highest BCUT2D eigenvalue weighted by Crippen LogP contribution is 1.98. The minimum atomic E-state index is -0.0677. The normalized spacial score (nSPS) is 10.6. The van der Waals surface area contributed by atoms with Gasteiger partial charge in [-0.15, -0.1) is 24.0 Å². The van der Waals surface area contributed by atoms with Gasteiger partial charge in [0.1, 0.15) is 5.76 Å². The number of amides is 1. The van der Waals surface area contributed by atoms with E-state index < -0.39 is 0 Å². The number of nitrogens with zero attached hydrogens (tertiary/aromatic N) is 1. The van der Waals surface area contributed by atoms with Crippen molar-refractivity contribution in [2.75, 3.05) is 20.1 Å². The molecule has 3 N–H and O–H groups in total. The van der Waals surface area contributed by atoms with Crippen molar-refractivity contribution in [1.82, 2.24) is 16.0 Å². The minimum Gasteiger partial charge on any atom is -0.467 e. The first-order valence-corrected chi connectivity index (χ1v) is 7.55. The lowest BCUT2D eigenvalue weighted by molar-refractivity contribution is -0.119. The van der Waals surface area contributed by atoms with Crippen molar-refractivity contribution >= 4 is 35.8 Å². The second kappa shape index (κ2) is 11.5. The first-order chi connectivity index (χ1) is 11.3. The summed E-state index contributed by atoms with van der Waals surface area (Å²) < 4.78 is 5.22. The molecule has 2 aromatic rings. The maximum absolute atomic E-state index is 11.8. The molecule has 1 aromatic carbocycles. The third kappa shape index (κ3) is 7.49. The fourth-order valence-electron chi connectivity index (χ4n) is 2.02. The fourth-order valence-corrected chi connectivity index (χ4v) is 2.02. The number of carbonyl (C=O) groups excluding carboxylic acids is 1. The Kier molecular flexibility index (Phi) is 9.59. The van der Waals surface area contributed by atoms with Crippen LogP contribution in [0.15, 0.2) is 58.1 Å². The van der Waals surface area contributed by atoms with E-state index in [1.165, 1.54) is 5.56 Å². The molecule has 0 atom stereocenters. The molecule has 0 bridgehead atoms. The van der Waals surface area contributed by atoms with Gasteiger partial charge in [-0.3, -0.25) is 9.79 Å². The van der Waals surface area contributed by atoms with Crippen molar-refractivity contribution in [3.63, 3.8) is 0 Å². The number of furan rings is 1. The molecule has 0 saturated heterocycles. The van der Waals surface area contributed by atoms with E-state index in [-0.39, 0.29) is 36.4 Å². The van der Waals surface area contributed by atoms with Crippen LogP contribution in [0.25, 0.3) is 0 Å². The molecular formula is C17H23IN4O2. The Morgan fingerprint density at radius 2 is 1.88 bits per heavy atom. The van der Waals surface area contributed by atoms with E-state index in [0.717, 1.165) is 12.2 Å². The van der Waals surface area contributed by atoms with Gasteiger partial charge >= 0.3 is 0 Å². The molecule has 1 amide bonds. The second-order valence-electron chi connectivity index (χ2n) is 4.94. The van der Waals surface area contributed by atoms with E-state index in [1.807, 2.05) is 42.5 Å². The quantitative estimate of drug-likeness (QED) is 0.348. The molecule has 1 heterocycles. The van der Waals surface area contributed by atoms with Crippen molar-refractivity contribution in [3.05, 3.63) is 60.1 Å². The topological polar surface area (TPSA) is 78.7 Å². The smallest absolute Gasteiger partial charge is 0.239 e. The summed E-state index contributed by atoms with van der Waals surface area (Å²) >= 11 is 0. The number of hydrogen-bond acceptors (Lipinski definition) is 3. The molecule has 0 aliphatic heterocycles. The highest BCUT2D eigenvalue weighted by molar-refractivity contribution is 14.0. The van der Waals surface area contributed by atoms with Crippen molar-refractivity contribution in [3.8, 4) is 0 Å². The average molecular weight is 442 g/mol. The van der Waals surface area contributed by atoms with Gasteiger partial charge in [-0.25, -0.2) is 0 Å². The van der Waals surface area contributed by atoms with Gasteiger partial charge in [-0.1, -0.05) is 30.3 Å². The number of nitrogens with one attached hydrogen (secondary N) is 3. The molecule has 7 heteroatoms. The standard InChI is InChI=1S/C17H22N4O2.HI/c1-18-17(20-12-15-8-5-11-23-15)21-13-16(22)19-10-9-14-6-3-2-4-7-14;/h2-8,11H,9-10,12-13H2,1H3,(H,19,22)(H2,18,20,21);1H. The zero-order valence-corrected chi connectivity index (χ0v) is 15.9. The first-order valence-electron chi connectivity index (χ1n) is 7.55. The fraction of sp³-hybridized carbons (Fsp3) is 0.294. The predicted molar refractivity (Wildman–Crippen MR) is 105 cm³/mol. The molecule has 0 aliphatic rings. The van der Waals surface area contributed by atoms with Crippen molar-refractivity contribution in [2.45, 2.75) is 13.0 Å². The molecule has 0 aliphatic carbocycles. The van der Waals surface area contributed by atoms with Crippen LogP contribution in [0.4, 0.5) is 0 Å². The van der Waals surface area contributed by atoms with Gasteiger partial charge in [0.15, 0.2) is 5.96 Å². The summed E-state index contributed by atoms with van der Waals surface area (Å²) in [6, 6.07) is 13.8. The molecular weight excluding hydrogens is 419 g/mol. The van der Waals surface area contributed by atoms with Gasteiger partial charge in [0, 0.05) is 13.6 Å². The van der Waals surface area contributed by atoms with Crippen LogP contribution in [-0.2, 0) is 17.8 Å². The van der Waals surface area contributed by atoms with Crippen LogP contribution in [0, 0.1) is 0 Å². The van der Waals surface area contributed by atoms with Crippen LogP contribution in [0.2, 0.25) is 0 Å². The largest absolute Gasteiger partial charge is 0.467 e. The Morgan fingerprint density at radius 3 is 2.54 bits per heavy atom. The van der Waals surface area contributed by atoms with Crippen molar-refractivity contribution in [2.24, 2.45) is 4.99 Å². The van der Waals surface area contributed by atoms with Gasteiger partial charge in [0.2, 0.25) is 5.91 Å². The van der Waals surface area contributed by atoms with Crippen LogP contribution in [0.3, 0.4) is 0 Å². The van der Waals surface area contributed by atoms with E-state index >= 15 is 0 Å². The van der Waals surface area contributed by atoms with E-state index in [4.69, 9.17) is 4.42 Å². The lowest BCUT2D eigenvalue weighted by atomic mass is 10.1. The second-order valence-corrected chi connectivity index (χ2v) is 4.94. The number of halogens is 1. The first kappa shape index (κ1) is 20.0. The molecule has 6 nitrogen and oxygen atoms in total. The number of carbonyl (C=O) groups is 1. The lowest BCUT2D eigenvalue weighted by Gasteiger charge is -2.11. The maximum Gasteiger partial charge on any atom is 0.239 e.